The molecular weight excluding hydrogens is 574 g/mol. The Kier molecular flexibility index (Phi) is 7.34. The molecule has 0 fully saturated rings. The van der Waals surface area contributed by atoms with Crippen molar-refractivity contribution in [2.45, 2.75) is 24.1 Å². The number of fused-ring (bicyclic) bond motifs is 1. The van der Waals surface area contributed by atoms with Crippen LogP contribution in [0.2, 0.25) is 0 Å². The SMILES string of the molecule is COc1cccc(-c2cc(C(=O)NC[C@](O)(c3cc4c(c(-c5ccc(F)cc5)n3)OC[C@]4(C)C(N)=O)C(F)(F)F)[nH]n2)c1. The van der Waals surface area contributed by atoms with Crippen molar-refractivity contribution in [3.05, 3.63) is 83.4 Å². The van der Waals surface area contributed by atoms with E-state index < -0.39 is 47.1 Å². The fourth-order valence-electron chi connectivity index (χ4n) is 4.61. The molecule has 2 aromatic carbocycles. The number of alkyl halides is 3. The standard InChI is InChI=1S/C29H25F4N5O5/c1-27(26(34)40)14-43-24-19(27)11-22(36-23(24)15-6-8-17(30)9-7-15)28(41,29(31,32)33)13-35-25(39)21-12-20(37-38-21)16-4-3-5-18(10-16)42-2/h3-12,41H,13-14H2,1-2H3,(H2,34,40)(H,35,39)(H,37,38)/t27-,28-/m0/s1. The van der Waals surface area contributed by atoms with Crippen LogP contribution >= 0.6 is 0 Å². The smallest absolute Gasteiger partial charge is 0.424 e. The van der Waals surface area contributed by atoms with E-state index in [1.807, 2.05) is 0 Å². The second kappa shape index (κ2) is 10.7. The summed E-state index contributed by atoms with van der Waals surface area (Å²) < 4.78 is 68.2. The first-order valence-electron chi connectivity index (χ1n) is 12.8. The summed E-state index contributed by atoms with van der Waals surface area (Å²) in [6.45, 7) is -0.273. The number of carbonyl (C=O) groups excluding carboxylic acids is 2. The van der Waals surface area contributed by atoms with Crippen LogP contribution < -0.4 is 20.5 Å². The normalized spacial score (nSPS) is 17.5. The van der Waals surface area contributed by atoms with Crippen molar-refractivity contribution < 1.29 is 41.7 Å². The molecular formula is C29H25F4N5O5. The highest BCUT2D eigenvalue weighted by atomic mass is 19.4. The Morgan fingerprint density at radius 3 is 2.51 bits per heavy atom. The maximum absolute atomic E-state index is 14.6. The van der Waals surface area contributed by atoms with Gasteiger partial charge in [0, 0.05) is 16.7 Å². The Morgan fingerprint density at radius 2 is 1.86 bits per heavy atom. The number of halogens is 4. The molecule has 14 heteroatoms. The number of aromatic nitrogens is 3. The number of H-pyrrole nitrogens is 1. The Morgan fingerprint density at radius 1 is 1.14 bits per heavy atom. The molecule has 4 aromatic rings. The highest BCUT2D eigenvalue weighted by Crippen LogP contribution is 2.47. The molecule has 0 saturated carbocycles. The number of benzene rings is 2. The number of primary amides is 1. The van der Waals surface area contributed by atoms with E-state index in [9.17, 15) is 32.3 Å². The molecule has 0 radical (unpaired) electrons. The highest BCUT2D eigenvalue weighted by Gasteiger charge is 2.57. The predicted octanol–water partition coefficient (Wildman–Crippen LogP) is 3.60. The van der Waals surface area contributed by atoms with Gasteiger partial charge in [0.1, 0.15) is 40.7 Å². The molecule has 1 aliphatic heterocycles. The van der Waals surface area contributed by atoms with Crippen molar-refractivity contribution in [3.8, 4) is 34.0 Å². The van der Waals surface area contributed by atoms with Gasteiger partial charge < -0.3 is 25.6 Å². The van der Waals surface area contributed by atoms with E-state index in [-0.39, 0.29) is 34.9 Å². The van der Waals surface area contributed by atoms with Crippen LogP contribution in [0.5, 0.6) is 11.5 Å². The van der Waals surface area contributed by atoms with Gasteiger partial charge >= 0.3 is 6.18 Å². The molecule has 5 rings (SSSR count). The summed E-state index contributed by atoms with van der Waals surface area (Å²) >= 11 is 0. The molecule has 1 aliphatic rings. The van der Waals surface area contributed by atoms with Gasteiger partial charge in [0.15, 0.2) is 0 Å². The molecule has 10 nitrogen and oxygen atoms in total. The van der Waals surface area contributed by atoms with E-state index >= 15 is 0 Å². The minimum atomic E-state index is -5.36. The van der Waals surface area contributed by atoms with Gasteiger partial charge in [-0.2, -0.15) is 18.3 Å². The van der Waals surface area contributed by atoms with Crippen molar-refractivity contribution >= 4 is 11.8 Å². The average molecular weight is 600 g/mol. The lowest BCUT2D eigenvalue weighted by Crippen LogP contribution is -2.52. The fraction of sp³-hybridized carbons (Fsp3) is 0.241. The number of methoxy groups -OCH3 is 1. The Balaban J connectivity index is 1.52. The predicted molar refractivity (Wildman–Crippen MR) is 145 cm³/mol. The van der Waals surface area contributed by atoms with E-state index in [0.717, 1.165) is 18.2 Å². The van der Waals surface area contributed by atoms with Gasteiger partial charge in [-0.1, -0.05) is 12.1 Å². The molecule has 0 aliphatic carbocycles. The summed E-state index contributed by atoms with van der Waals surface area (Å²) in [5.41, 5.74) is 0.00766. The van der Waals surface area contributed by atoms with Crippen LogP contribution in [-0.4, -0.2) is 58.5 Å². The van der Waals surface area contributed by atoms with Crippen LogP contribution in [0.25, 0.3) is 22.5 Å². The quantitative estimate of drug-likeness (QED) is 0.226. The monoisotopic (exact) mass is 599 g/mol. The van der Waals surface area contributed by atoms with Gasteiger partial charge in [-0.3, -0.25) is 14.7 Å². The number of aliphatic hydroxyl groups is 1. The van der Waals surface area contributed by atoms with Gasteiger partial charge in [-0.25, -0.2) is 9.37 Å². The van der Waals surface area contributed by atoms with Crippen molar-refractivity contribution in [1.82, 2.24) is 20.5 Å². The van der Waals surface area contributed by atoms with Gasteiger partial charge in [0.2, 0.25) is 11.5 Å². The number of hydrogen-bond donors (Lipinski definition) is 4. The summed E-state index contributed by atoms with van der Waals surface area (Å²) in [7, 11) is 1.48. The third-order valence-corrected chi connectivity index (χ3v) is 7.32. The van der Waals surface area contributed by atoms with Crippen LogP contribution in [0.3, 0.4) is 0 Å². The van der Waals surface area contributed by atoms with Crippen LogP contribution in [0.15, 0.2) is 60.7 Å². The molecule has 0 unspecified atom stereocenters. The summed E-state index contributed by atoms with van der Waals surface area (Å²) in [5.74, 6) is -1.99. The van der Waals surface area contributed by atoms with Crippen molar-refractivity contribution in [2.75, 3.05) is 20.3 Å². The van der Waals surface area contributed by atoms with Gasteiger partial charge in [-0.15, -0.1) is 0 Å². The van der Waals surface area contributed by atoms with Crippen molar-refractivity contribution in [2.24, 2.45) is 5.73 Å². The topological polar surface area (TPSA) is 152 Å². The van der Waals surface area contributed by atoms with Crippen LogP contribution in [0.1, 0.15) is 28.7 Å². The molecule has 43 heavy (non-hydrogen) atoms. The maximum atomic E-state index is 14.6. The molecule has 0 spiro atoms. The molecule has 3 heterocycles. The van der Waals surface area contributed by atoms with Crippen molar-refractivity contribution in [3.63, 3.8) is 0 Å². The van der Waals surface area contributed by atoms with Crippen LogP contribution in [0, 0.1) is 5.82 Å². The lowest BCUT2D eigenvalue weighted by Gasteiger charge is -2.31. The summed E-state index contributed by atoms with van der Waals surface area (Å²) in [4.78, 5) is 29.3. The minimum Gasteiger partial charge on any atom is -0.497 e. The minimum absolute atomic E-state index is 0.0345. The van der Waals surface area contributed by atoms with E-state index in [2.05, 4.69) is 20.5 Å². The number of carbonyl (C=O) groups is 2. The number of aromatic amines is 1. The third-order valence-electron chi connectivity index (χ3n) is 7.32. The van der Waals surface area contributed by atoms with Gasteiger partial charge in [0.05, 0.1) is 25.0 Å². The van der Waals surface area contributed by atoms with E-state index in [1.54, 1.807) is 24.3 Å². The van der Waals surface area contributed by atoms with Crippen LogP contribution in [-0.2, 0) is 15.8 Å². The molecule has 2 atom stereocenters. The molecule has 0 bridgehead atoms. The first-order valence-corrected chi connectivity index (χ1v) is 12.8. The first kappa shape index (κ1) is 29.5. The molecule has 2 amide bonds. The second-order valence-corrected chi connectivity index (χ2v) is 10.2. The Bertz CT molecular complexity index is 1710. The summed E-state index contributed by atoms with van der Waals surface area (Å²) in [6, 6.07) is 13.6. The largest absolute Gasteiger partial charge is 0.497 e. The first-order chi connectivity index (χ1) is 20.3. The number of nitrogens with zero attached hydrogens (tertiary/aromatic N) is 2. The zero-order valence-electron chi connectivity index (χ0n) is 22.8. The van der Waals surface area contributed by atoms with E-state index in [1.165, 1.54) is 32.2 Å². The van der Waals surface area contributed by atoms with E-state index in [4.69, 9.17) is 15.2 Å². The fourth-order valence-corrected chi connectivity index (χ4v) is 4.61. The zero-order chi connectivity index (χ0) is 31.2. The molecule has 224 valence electrons. The number of hydrogen-bond acceptors (Lipinski definition) is 7. The van der Waals surface area contributed by atoms with Gasteiger partial charge in [-0.05, 0) is 55.5 Å². The molecule has 5 N–H and O–H groups in total. The second-order valence-electron chi connectivity index (χ2n) is 10.2. The summed E-state index contributed by atoms with van der Waals surface area (Å²) in [6.07, 6.45) is -5.36. The highest BCUT2D eigenvalue weighted by molar-refractivity contribution is 5.93. The third kappa shape index (κ3) is 5.25. The molecule has 2 aromatic heterocycles. The van der Waals surface area contributed by atoms with Gasteiger partial charge in [0.25, 0.3) is 5.91 Å². The molecule has 0 saturated heterocycles. The lowest BCUT2D eigenvalue weighted by molar-refractivity contribution is -0.265. The number of ether oxygens (including phenoxy) is 2. The number of nitrogens with one attached hydrogen (secondary N) is 2. The number of nitrogens with two attached hydrogens (primary N) is 1. The van der Waals surface area contributed by atoms with Crippen molar-refractivity contribution in [1.29, 1.82) is 0 Å². The number of amides is 2. The Labute approximate surface area is 241 Å². The summed E-state index contributed by atoms with van der Waals surface area (Å²) in [5, 5.41) is 19.7. The zero-order valence-corrected chi connectivity index (χ0v) is 22.8. The maximum Gasteiger partial charge on any atom is 0.424 e. The lowest BCUT2D eigenvalue weighted by atomic mass is 9.81. The van der Waals surface area contributed by atoms with Crippen LogP contribution in [0.4, 0.5) is 17.6 Å². The Hall–Kier alpha value is -4.98. The number of pyridine rings is 1. The number of rotatable bonds is 8. The average Bonchev–Trinajstić information content (AvgIpc) is 3.61. The van der Waals surface area contributed by atoms with E-state index in [0.29, 0.717) is 17.0 Å².